The fraction of sp³-hybridized carbons (Fsp3) is 0.308. The van der Waals surface area contributed by atoms with E-state index in [1.807, 2.05) is 24.4 Å². The number of nitrogens with zero attached hydrogens (tertiary/aromatic N) is 1. The highest BCUT2D eigenvalue weighted by Crippen LogP contribution is 2.45. The molecule has 1 heterocycles. The van der Waals surface area contributed by atoms with Crippen molar-refractivity contribution in [3.8, 4) is 5.75 Å². The van der Waals surface area contributed by atoms with E-state index in [9.17, 15) is 0 Å². The molecule has 1 aromatic heterocycles. The van der Waals surface area contributed by atoms with Crippen molar-refractivity contribution in [1.82, 2.24) is 4.98 Å². The number of rotatable bonds is 2. The average molecular weight is 199 g/mol. The van der Waals surface area contributed by atoms with E-state index in [1.165, 1.54) is 18.4 Å². The Hall–Kier alpha value is -1.57. The molecule has 1 fully saturated rings. The Bertz CT molecular complexity index is 503. The fourth-order valence-electron chi connectivity index (χ4n) is 2.04. The molecule has 1 aliphatic carbocycles. The van der Waals surface area contributed by atoms with E-state index in [2.05, 4.69) is 11.1 Å². The van der Waals surface area contributed by atoms with Gasteiger partial charge in [-0.05, 0) is 30.9 Å². The van der Waals surface area contributed by atoms with Crippen molar-refractivity contribution in [3.05, 3.63) is 36.0 Å². The lowest BCUT2D eigenvalue weighted by Crippen LogP contribution is -1.93. The van der Waals surface area contributed by atoms with Gasteiger partial charge in [-0.1, -0.05) is 12.1 Å². The largest absolute Gasteiger partial charge is 0.496 e. The maximum absolute atomic E-state index is 5.52. The predicted octanol–water partition coefficient (Wildman–Crippen LogP) is 3.12. The van der Waals surface area contributed by atoms with Crippen molar-refractivity contribution in [2.45, 2.75) is 18.8 Å². The van der Waals surface area contributed by atoms with Crippen LogP contribution >= 0.6 is 0 Å². The Morgan fingerprint density at radius 2 is 2.07 bits per heavy atom. The third-order valence-corrected chi connectivity index (χ3v) is 2.97. The monoisotopic (exact) mass is 199 g/mol. The molecule has 3 rings (SSSR count). The Balaban J connectivity index is 2.29. The zero-order valence-electron chi connectivity index (χ0n) is 8.73. The second-order valence-electron chi connectivity index (χ2n) is 4.04. The summed E-state index contributed by atoms with van der Waals surface area (Å²) in [6.07, 6.45) is 4.52. The van der Waals surface area contributed by atoms with Gasteiger partial charge in [0.05, 0.1) is 12.6 Å². The number of hydrogen-bond acceptors (Lipinski definition) is 2. The molecule has 0 atom stereocenters. The average Bonchev–Trinajstić information content (AvgIpc) is 3.11. The van der Waals surface area contributed by atoms with Gasteiger partial charge in [-0.25, -0.2) is 0 Å². The smallest absolute Gasteiger partial charge is 0.133 e. The van der Waals surface area contributed by atoms with E-state index < -0.39 is 0 Å². The van der Waals surface area contributed by atoms with Gasteiger partial charge in [0.1, 0.15) is 5.75 Å². The second-order valence-corrected chi connectivity index (χ2v) is 4.04. The summed E-state index contributed by atoms with van der Waals surface area (Å²) in [7, 11) is 1.74. The minimum absolute atomic E-state index is 0.678. The third kappa shape index (κ3) is 1.37. The quantitative estimate of drug-likeness (QED) is 0.741. The Labute approximate surface area is 88.9 Å². The van der Waals surface area contributed by atoms with Crippen LogP contribution in [0.25, 0.3) is 10.9 Å². The van der Waals surface area contributed by atoms with Gasteiger partial charge in [-0.2, -0.15) is 0 Å². The highest BCUT2D eigenvalue weighted by atomic mass is 16.5. The maximum atomic E-state index is 5.52. The molecule has 1 saturated carbocycles. The summed E-state index contributed by atoms with van der Waals surface area (Å²) in [5, 5.41) is 1.13. The van der Waals surface area contributed by atoms with Crippen LogP contribution in [0.3, 0.4) is 0 Å². The molecule has 0 saturated heterocycles. The van der Waals surface area contributed by atoms with Crippen LogP contribution < -0.4 is 4.74 Å². The van der Waals surface area contributed by atoms with E-state index in [0.717, 1.165) is 16.7 Å². The molecular weight excluding hydrogens is 186 g/mol. The van der Waals surface area contributed by atoms with Crippen LogP contribution in [0.1, 0.15) is 24.3 Å². The number of aromatic nitrogens is 1. The van der Waals surface area contributed by atoms with Crippen molar-refractivity contribution < 1.29 is 4.74 Å². The highest BCUT2D eigenvalue weighted by Gasteiger charge is 2.27. The lowest BCUT2D eigenvalue weighted by Gasteiger charge is -2.09. The maximum Gasteiger partial charge on any atom is 0.133 e. The number of methoxy groups -OCH3 is 1. The number of hydrogen-bond donors (Lipinski definition) is 0. The topological polar surface area (TPSA) is 22.1 Å². The molecule has 15 heavy (non-hydrogen) atoms. The van der Waals surface area contributed by atoms with Gasteiger partial charge in [0.2, 0.25) is 0 Å². The molecule has 0 N–H and O–H groups in total. The second kappa shape index (κ2) is 3.23. The summed E-state index contributed by atoms with van der Waals surface area (Å²) < 4.78 is 5.52. The number of fused-ring (bicyclic) bond motifs is 1. The zero-order valence-corrected chi connectivity index (χ0v) is 8.73. The number of ether oxygens (including phenoxy) is 1. The molecule has 0 unspecified atom stereocenters. The molecule has 2 heteroatoms. The summed E-state index contributed by atoms with van der Waals surface area (Å²) in [6, 6.07) is 8.14. The van der Waals surface area contributed by atoms with Gasteiger partial charge in [-0.15, -0.1) is 0 Å². The first kappa shape index (κ1) is 8.72. The van der Waals surface area contributed by atoms with Crippen molar-refractivity contribution in [1.29, 1.82) is 0 Å². The molecule has 0 amide bonds. The fourth-order valence-corrected chi connectivity index (χ4v) is 2.04. The summed E-state index contributed by atoms with van der Waals surface area (Å²) in [5.74, 6) is 1.69. The number of pyridine rings is 1. The van der Waals surface area contributed by atoms with Gasteiger partial charge >= 0.3 is 0 Å². The van der Waals surface area contributed by atoms with Crippen LogP contribution in [0.15, 0.2) is 30.5 Å². The van der Waals surface area contributed by atoms with E-state index in [1.54, 1.807) is 7.11 Å². The van der Waals surface area contributed by atoms with Crippen LogP contribution in [0, 0.1) is 0 Å². The van der Waals surface area contributed by atoms with E-state index in [4.69, 9.17) is 4.74 Å². The summed E-state index contributed by atoms with van der Waals surface area (Å²) in [5.41, 5.74) is 2.29. The summed E-state index contributed by atoms with van der Waals surface area (Å²) in [6.45, 7) is 0. The molecule has 0 radical (unpaired) electrons. The van der Waals surface area contributed by atoms with Gasteiger partial charge in [-0.3, -0.25) is 4.98 Å². The molecule has 1 aromatic carbocycles. The summed E-state index contributed by atoms with van der Waals surface area (Å²) in [4.78, 5) is 4.47. The summed E-state index contributed by atoms with van der Waals surface area (Å²) >= 11 is 0. The van der Waals surface area contributed by atoms with Crippen molar-refractivity contribution >= 4 is 10.9 Å². The minimum Gasteiger partial charge on any atom is -0.496 e. The predicted molar refractivity (Wildman–Crippen MR) is 60.3 cm³/mol. The van der Waals surface area contributed by atoms with E-state index in [-0.39, 0.29) is 0 Å². The van der Waals surface area contributed by atoms with Crippen molar-refractivity contribution in [3.63, 3.8) is 0 Å². The van der Waals surface area contributed by atoms with E-state index in [0.29, 0.717) is 5.92 Å². The van der Waals surface area contributed by atoms with Crippen molar-refractivity contribution in [2.75, 3.05) is 7.11 Å². The van der Waals surface area contributed by atoms with Crippen LogP contribution in [-0.4, -0.2) is 12.1 Å². The van der Waals surface area contributed by atoms with Gasteiger partial charge in [0.25, 0.3) is 0 Å². The van der Waals surface area contributed by atoms with Crippen molar-refractivity contribution in [2.24, 2.45) is 0 Å². The number of benzene rings is 1. The molecule has 2 nitrogen and oxygen atoms in total. The molecule has 1 aliphatic rings. The van der Waals surface area contributed by atoms with Gasteiger partial charge in [0, 0.05) is 17.1 Å². The van der Waals surface area contributed by atoms with Gasteiger partial charge in [0.15, 0.2) is 0 Å². The third-order valence-electron chi connectivity index (χ3n) is 2.97. The molecule has 0 bridgehead atoms. The Morgan fingerprint density at radius 1 is 1.27 bits per heavy atom. The zero-order chi connectivity index (χ0) is 10.3. The SMILES string of the molecule is COc1c(C2CC2)cnc2ccccc12. The standard InChI is InChI=1S/C13H13NO/c1-15-13-10-4-2-3-5-12(10)14-8-11(13)9-6-7-9/h2-5,8-9H,6-7H2,1H3. The van der Waals surface area contributed by atoms with Crippen LogP contribution in [0.2, 0.25) is 0 Å². The normalized spacial score (nSPS) is 15.5. The Morgan fingerprint density at radius 3 is 2.80 bits per heavy atom. The molecule has 0 aliphatic heterocycles. The van der Waals surface area contributed by atoms with Gasteiger partial charge < -0.3 is 4.74 Å². The lowest BCUT2D eigenvalue weighted by molar-refractivity contribution is 0.414. The first-order valence-electron chi connectivity index (χ1n) is 5.32. The molecule has 0 spiro atoms. The van der Waals surface area contributed by atoms with Crippen LogP contribution in [0.5, 0.6) is 5.75 Å². The minimum atomic E-state index is 0.678. The first-order chi connectivity index (χ1) is 7.40. The Kier molecular flexibility index (Phi) is 1.88. The molecule has 76 valence electrons. The van der Waals surface area contributed by atoms with Crippen LogP contribution in [0.4, 0.5) is 0 Å². The lowest BCUT2D eigenvalue weighted by atomic mass is 10.1. The highest BCUT2D eigenvalue weighted by molar-refractivity contribution is 5.86. The van der Waals surface area contributed by atoms with Crippen LogP contribution in [-0.2, 0) is 0 Å². The molecular formula is C13H13NO. The van der Waals surface area contributed by atoms with E-state index >= 15 is 0 Å². The first-order valence-corrected chi connectivity index (χ1v) is 5.32. The molecule has 2 aromatic rings. The number of para-hydroxylation sites is 1.